The molecule has 4 heterocycles. The molecule has 1 saturated heterocycles. The molecule has 4 rings (SSSR count). The van der Waals surface area contributed by atoms with Gasteiger partial charge in [0.05, 0.1) is 22.7 Å². The minimum Gasteiger partial charge on any atom is -0.462 e. The maximum Gasteiger partial charge on any atom is 0.228 e. The van der Waals surface area contributed by atoms with E-state index in [1.807, 2.05) is 28.5 Å². The lowest BCUT2D eigenvalue weighted by Crippen LogP contribution is -2.48. The lowest BCUT2D eigenvalue weighted by atomic mass is 10.2. The van der Waals surface area contributed by atoms with Gasteiger partial charge in [-0.2, -0.15) is 0 Å². The van der Waals surface area contributed by atoms with Gasteiger partial charge in [0.25, 0.3) is 0 Å². The van der Waals surface area contributed by atoms with Gasteiger partial charge < -0.3 is 9.32 Å². The molecule has 0 aromatic carbocycles. The van der Waals surface area contributed by atoms with Crippen LogP contribution in [0.2, 0.25) is 4.34 Å². The van der Waals surface area contributed by atoms with Crippen molar-refractivity contribution in [3.8, 4) is 10.8 Å². The molecule has 0 saturated carbocycles. The molecule has 136 valence electrons. The summed E-state index contributed by atoms with van der Waals surface area (Å²) < 4.78 is 6.18. The Morgan fingerprint density at radius 3 is 2.77 bits per heavy atom. The van der Waals surface area contributed by atoms with Crippen LogP contribution in [0.5, 0.6) is 0 Å². The first-order chi connectivity index (χ1) is 12.7. The molecule has 0 spiro atoms. The molecule has 0 N–H and O–H groups in total. The molecule has 3 aromatic rings. The van der Waals surface area contributed by atoms with E-state index in [1.165, 1.54) is 16.2 Å². The van der Waals surface area contributed by atoms with Gasteiger partial charge in [-0.15, -0.1) is 22.7 Å². The SMILES string of the molecule is O=C(Cc1csc(-c2ccco2)n1)N1CCN(Cc2ccc(Cl)s2)CC1. The van der Waals surface area contributed by atoms with Crippen LogP contribution in [0.1, 0.15) is 10.6 Å². The summed E-state index contributed by atoms with van der Waals surface area (Å²) in [4.78, 5) is 22.6. The fourth-order valence-electron chi connectivity index (χ4n) is 2.98. The number of hydrogen-bond donors (Lipinski definition) is 0. The zero-order valence-electron chi connectivity index (χ0n) is 14.1. The van der Waals surface area contributed by atoms with Gasteiger partial charge in [-0.25, -0.2) is 4.98 Å². The number of carbonyl (C=O) groups is 1. The van der Waals surface area contributed by atoms with E-state index in [9.17, 15) is 4.79 Å². The fraction of sp³-hybridized carbons (Fsp3) is 0.333. The molecule has 0 unspecified atom stereocenters. The molecule has 0 radical (unpaired) electrons. The van der Waals surface area contributed by atoms with E-state index in [2.05, 4.69) is 16.0 Å². The van der Waals surface area contributed by atoms with Crippen molar-refractivity contribution in [1.82, 2.24) is 14.8 Å². The lowest BCUT2D eigenvalue weighted by Gasteiger charge is -2.34. The van der Waals surface area contributed by atoms with Crippen LogP contribution in [0.3, 0.4) is 0 Å². The summed E-state index contributed by atoms with van der Waals surface area (Å²) in [5.41, 5.74) is 0.807. The van der Waals surface area contributed by atoms with Gasteiger partial charge in [-0.05, 0) is 24.3 Å². The summed E-state index contributed by atoms with van der Waals surface area (Å²) in [5.74, 6) is 0.885. The summed E-state index contributed by atoms with van der Waals surface area (Å²) in [6, 6.07) is 7.73. The van der Waals surface area contributed by atoms with E-state index >= 15 is 0 Å². The van der Waals surface area contributed by atoms with Crippen LogP contribution in [0.15, 0.2) is 40.3 Å². The number of nitrogens with zero attached hydrogens (tertiary/aromatic N) is 3. The summed E-state index contributed by atoms with van der Waals surface area (Å²) in [7, 11) is 0. The second kappa shape index (κ2) is 7.92. The minimum atomic E-state index is 0.139. The molecule has 0 bridgehead atoms. The zero-order valence-corrected chi connectivity index (χ0v) is 16.4. The Balaban J connectivity index is 1.28. The smallest absolute Gasteiger partial charge is 0.228 e. The standard InChI is InChI=1S/C18H18ClN3O2S2/c19-16-4-3-14(26-16)11-21-5-7-22(8-6-21)17(23)10-13-12-25-18(20-13)15-2-1-9-24-15/h1-4,9,12H,5-8,10-11H2. The minimum absolute atomic E-state index is 0.139. The van der Waals surface area contributed by atoms with Crippen molar-refractivity contribution in [2.45, 2.75) is 13.0 Å². The Bertz CT molecular complexity index is 867. The van der Waals surface area contributed by atoms with E-state index in [0.29, 0.717) is 6.42 Å². The number of hydrogen-bond acceptors (Lipinski definition) is 6. The molecule has 8 heteroatoms. The summed E-state index contributed by atoms with van der Waals surface area (Å²) in [5, 5.41) is 2.75. The molecular formula is C18H18ClN3O2S2. The highest BCUT2D eigenvalue weighted by Crippen LogP contribution is 2.25. The first-order valence-electron chi connectivity index (χ1n) is 8.40. The molecule has 0 atom stereocenters. The average Bonchev–Trinajstić information content (AvgIpc) is 3.37. The molecule has 1 fully saturated rings. The maximum absolute atomic E-state index is 12.6. The number of furan rings is 1. The third kappa shape index (κ3) is 4.17. The Labute approximate surface area is 164 Å². The molecule has 5 nitrogen and oxygen atoms in total. The molecule has 3 aromatic heterocycles. The monoisotopic (exact) mass is 407 g/mol. The number of amides is 1. The van der Waals surface area contributed by atoms with Crippen LogP contribution in [0.25, 0.3) is 10.8 Å². The Kier molecular flexibility index (Phi) is 5.40. The summed E-state index contributed by atoms with van der Waals surface area (Å²) >= 11 is 9.12. The van der Waals surface area contributed by atoms with Crippen molar-refractivity contribution in [1.29, 1.82) is 0 Å². The zero-order chi connectivity index (χ0) is 17.9. The molecule has 1 aliphatic heterocycles. The normalized spacial score (nSPS) is 15.5. The van der Waals surface area contributed by atoms with Gasteiger partial charge in [0.1, 0.15) is 0 Å². The van der Waals surface area contributed by atoms with Gasteiger partial charge in [0.15, 0.2) is 10.8 Å². The van der Waals surface area contributed by atoms with Crippen LogP contribution in [-0.4, -0.2) is 46.9 Å². The summed E-state index contributed by atoms with van der Waals surface area (Å²) in [6.07, 6.45) is 1.98. The van der Waals surface area contributed by atoms with Crippen LogP contribution < -0.4 is 0 Å². The van der Waals surface area contributed by atoms with Crippen molar-refractivity contribution in [2.75, 3.05) is 26.2 Å². The second-order valence-corrected chi connectivity index (χ2v) is 8.82. The van der Waals surface area contributed by atoms with Gasteiger partial charge in [-0.1, -0.05) is 11.6 Å². The highest BCUT2D eigenvalue weighted by Gasteiger charge is 2.22. The van der Waals surface area contributed by atoms with E-state index < -0.39 is 0 Å². The first-order valence-corrected chi connectivity index (χ1v) is 10.5. The van der Waals surface area contributed by atoms with Crippen molar-refractivity contribution < 1.29 is 9.21 Å². The second-order valence-electron chi connectivity index (χ2n) is 6.16. The molecule has 1 aliphatic rings. The molecule has 1 amide bonds. The van der Waals surface area contributed by atoms with E-state index in [-0.39, 0.29) is 5.91 Å². The molecule has 0 aliphatic carbocycles. The number of thiophene rings is 1. The van der Waals surface area contributed by atoms with E-state index in [0.717, 1.165) is 53.5 Å². The van der Waals surface area contributed by atoms with Crippen LogP contribution in [-0.2, 0) is 17.8 Å². The van der Waals surface area contributed by atoms with Crippen LogP contribution in [0, 0.1) is 0 Å². The highest BCUT2D eigenvalue weighted by atomic mass is 35.5. The summed E-state index contributed by atoms with van der Waals surface area (Å²) in [6.45, 7) is 4.18. The van der Waals surface area contributed by atoms with Crippen LogP contribution >= 0.6 is 34.3 Å². The highest BCUT2D eigenvalue weighted by molar-refractivity contribution is 7.16. The van der Waals surface area contributed by atoms with Crippen molar-refractivity contribution in [2.24, 2.45) is 0 Å². The first kappa shape index (κ1) is 17.7. The number of piperazine rings is 1. The third-order valence-corrected chi connectivity index (χ3v) is 6.47. The van der Waals surface area contributed by atoms with Gasteiger partial charge >= 0.3 is 0 Å². The van der Waals surface area contributed by atoms with Crippen molar-refractivity contribution >= 4 is 40.2 Å². The van der Waals surface area contributed by atoms with Gasteiger partial charge in [-0.3, -0.25) is 9.69 Å². The predicted octanol–water partition coefficient (Wildman–Crippen LogP) is 4.00. The Morgan fingerprint density at radius 2 is 2.08 bits per heavy atom. The average molecular weight is 408 g/mol. The largest absolute Gasteiger partial charge is 0.462 e. The number of carbonyl (C=O) groups excluding carboxylic acids is 1. The van der Waals surface area contributed by atoms with Gasteiger partial charge in [0.2, 0.25) is 5.91 Å². The quantitative estimate of drug-likeness (QED) is 0.641. The number of aromatic nitrogens is 1. The van der Waals surface area contributed by atoms with E-state index in [4.69, 9.17) is 16.0 Å². The van der Waals surface area contributed by atoms with Crippen molar-refractivity contribution in [3.63, 3.8) is 0 Å². The Hall–Kier alpha value is -1.67. The molecular weight excluding hydrogens is 390 g/mol. The third-order valence-electron chi connectivity index (χ3n) is 4.35. The number of rotatable bonds is 5. The Morgan fingerprint density at radius 1 is 1.23 bits per heavy atom. The van der Waals surface area contributed by atoms with Crippen molar-refractivity contribution in [3.05, 3.63) is 50.8 Å². The molecule has 26 heavy (non-hydrogen) atoms. The number of halogens is 1. The number of thiazole rings is 1. The van der Waals surface area contributed by atoms with Crippen LogP contribution in [0.4, 0.5) is 0 Å². The topological polar surface area (TPSA) is 49.6 Å². The lowest BCUT2D eigenvalue weighted by molar-refractivity contribution is -0.132. The van der Waals surface area contributed by atoms with E-state index in [1.54, 1.807) is 17.6 Å². The predicted molar refractivity (Wildman–Crippen MR) is 105 cm³/mol. The fourth-order valence-corrected chi connectivity index (χ4v) is 4.90. The van der Waals surface area contributed by atoms with Gasteiger partial charge in [0, 0.05) is 43.0 Å². The maximum atomic E-state index is 12.6.